The monoisotopic (exact) mass is 321 g/mol. The zero-order chi connectivity index (χ0) is 16.9. The quantitative estimate of drug-likeness (QED) is 0.783. The van der Waals surface area contributed by atoms with Crippen LogP contribution in [0.5, 0.6) is 5.75 Å². The van der Waals surface area contributed by atoms with Gasteiger partial charge < -0.3 is 14.6 Å². The number of nitrogens with zero attached hydrogens (tertiary/aromatic N) is 2. The lowest BCUT2D eigenvalue weighted by Gasteiger charge is -2.16. The first-order chi connectivity index (χ1) is 11.7. The number of hydrogen-bond donors (Lipinski definition) is 1. The molecule has 3 rings (SSSR count). The zero-order valence-electron chi connectivity index (χ0n) is 13.7. The van der Waals surface area contributed by atoms with Crippen LogP contribution in [-0.4, -0.2) is 16.7 Å². The van der Waals surface area contributed by atoms with Crippen LogP contribution < -0.4 is 15.6 Å². The summed E-state index contributed by atoms with van der Waals surface area (Å²) in [5.41, 5.74) is 2.71. The number of aryl methyl sites for hydroxylation is 1. The molecule has 1 N–H and O–H groups in total. The van der Waals surface area contributed by atoms with Gasteiger partial charge in [-0.25, -0.2) is 0 Å². The van der Waals surface area contributed by atoms with Gasteiger partial charge in [-0.3, -0.25) is 4.79 Å². The third kappa shape index (κ3) is 3.46. The molecule has 5 heteroatoms. The van der Waals surface area contributed by atoms with E-state index in [1.165, 1.54) is 7.11 Å². The summed E-state index contributed by atoms with van der Waals surface area (Å²) in [6.07, 6.45) is 1.68. The van der Waals surface area contributed by atoms with E-state index >= 15 is 0 Å². The minimum atomic E-state index is -0.391. The Balaban J connectivity index is 2.02. The van der Waals surface area contributed by atoms with Crippen molar-refractivity contribution in [3.63, 3.8) is 0 Å². The van der Waals surface area contributed by atoms with Crippen molar-refractivity contribution in [2.24, 2.45) is 0 Å². The van der Waals surface area contributed by atoms with E-state index in [0.29, 0.717) is 12.5 Å². The molecule has 0 aliphatic rings. The van der Waals surface area contributed by atoms with Gasteiger partial charge >= 0.3 is 5.56 Å². The predicted octanol–water partition coefficient (Wildman–Crippen LogP) is 3.35. The van der Waals surface area contributed by atoms with E-state index in [0.717, 1.165) is 16.8 Å². The summed E-state index contributed by atoms with van der Waals surface area (Å²) in [4.78, 5) is 16.2. The first kappa shape index (κ1) is 15.8. The SMILES string of the molecule is COc1cn(Cc2ccccc2)c(Nc2ccccc2C)nc1=O. The van der Waals surface area contributed by atoms with Crippen molar-refractivity contribution in [3.05, 3.63) is 82.3 Å². The van der Waals surface area contributed by atoms with Crippen molar-refractivity contribution >= 4 is 11.6 Å². The number of ether oxygens (including phenoxy) is 1. The molecule has 24 heavy (non-hydrogen) atoms. The van der Waals surface area contributed by atoms with Gasteiger partial charge in [0.05, 0.1) is 19.9 Å². The standard InChI is InChI=1S/C19H19N3O2/c1-14-8-6-7-11-16(14)20-19-21-18(23)17(24-2)13-22(19)12-15-9-4-3-5-10-15/h3-11,13H,12H2,1-2H3,(H,20,21,23). The van der Waals surface area contributed by atoms with E-state index < -0.39 is 5.56 Å². The van der Waals surface area contributed by atoms with Crippen LogP contribution in [0.2, 0.25) is 0 Å². The van der Waals surface area contributed by atoms with E-state index in [4.69, 9.17) is 4.74 Å². The van der Waals surface area contributed by atoms with Gasteiger partial charge in [-0.15, -0.1) is 0 Å². The van der Waals surface area contributed by atoms with Gasteiger partial charge in [-0.2, -0.15) is 4.98 Å². The Labute approximate surface area is 140 Å². The Bertz CT molecular complexity index is 889. The number of benzene rings is 2. The summed E-state index contributed by atoms with van der Waals surface area (Å²) in [5.74, 6) is 0.709. The van der Waals surface area contributed by atoms with E-state index in [1.54, 1.807) is 6.20 Å². The molecule has 5 nitrogen and oxygen atoms in total. The van der Waals surface area contributed by atoms with Gasteiger partial charge in [0.2, 0.25) is 11.7 Å². The Kier molecular flexibility index (Phi) is 4.61. The average molecular weight is 321 g/mol. The molecule has 0 aliphatic carbocycles. The number of para-hydroxylation sites is 1. The summed E-state index contributed by atoms with van der Waals surface area (Å²) in [6, 6.07) is 17.9. The van der Waals surface area contributed by atoms with Crippen molar-refractivity contribution in [1.82, 2.24) is 9.55 Å². The highest BCUT2D eigenvalue weighted by atomic mass is 16.5. The summed E-state index contributed by atoms with van der Waals surface area (Å²) in [6.45, 7) is 2.59. The molecule has 0 bridgehead atoms. The average Bonchev–Trinajstić information content (AvgIpc) is 2.60. The molecule has 0 amide bonds. The molecule has 1 heterocycles. The molecule has 0 saturated carbocycles. The van der Waals surface area contributed by atoms with Crippen LogP contribution >= 0.6 is 0 Å². The summed E-state index contributed by atoms with van der Waals surface area (Å²) in [7, 11) is 1.47. The van der Waals surface area contributed by atoms with Crippen LogP contribution in [0.1, 0.15) is 11.1 Å². The molecular formula is C19H19N3O2. The van der Waals surface area contributed by atoms with Gasteiger partial charge in [0.25, 0.3) is 0 Å². The molecule has 1 aromatic heterocycles. The first-order valence-corrected chi connectivity index (χ1v) is 7.69. The molecule has 0 unspecified atom stereocenters. The van der Waals surface area contributed by atoms with Crippen molar-refractivity contribution in [3.8, 4) is 5.75 Å². The van der Waals surface area contributed by atoms with E-state index in [9.17, 15) is 4.79 Å². The Morgan fingerprint density at radius 2 is 1.79 bits per heavy atom. The van der Waals surface area contributed by atoms with Crippen molar-refractivity contribution in [1.29, 1.82) is 0 Å². The van der Waals surface area contributed by atoms with E-state index in [1.807, 2.05) is 66.1 Å². The van der Waals surface area contributed by atoms with E-state index in [-0.39, 0.29) is 5.75 Å². The third-order valence-corrected chi connectivity index (χ3v) is 3.77. The minimum absolute atomic E-state index is 0.223. The second-order valence-electron chi connectivity index (χ2n) is 5.49. The number of aromatic nitrogens is 2. The number of methoxy groups -OCH3 is 1. The highest BCUT2D eigenvalue weighted by Gasteiger charge is 2.10. The molecule has 3 aromatic rings. The summed E-state index contributed by atoms with van der Waals surface area (Å²) < 4.78 is 7.01. The fourth-order valence-electron chi connectivity index (χ4n) is 2.45. The number of nitrogens with one attached hydrogen (secondary N) is 1. The maximum Gasteiger partial charge on any atom is 0.316 e. The Hall–Kier alpha value is -3.08. The van der Waals surface area contributed by atoms with Gasteiger partial charge in [0.1, 0.15) is 0 Å². The van der Waals surface area contributed by atoms with Crippen LogP contribution in [0.3, 0.4) is 0 Å². The largest absolute Gasteiger partial charge is 0.490 e. The third-order valence-electron chi connectivity index (χ3n) is 3.77. The van der Waals surface area contributed by atoms with Crippen LogP contribution in [0.25, 0.3) is 0 Å². The van der Waals surface area contributed by atoms with Crippen molar-refractivity contribution in [2.75, 3.05) is 12.4 Å². The lowest BCUT2D eigenvalue weighted by atomic mass is 10.2. The zero-order valence-corrected chi connectivity index (χ0v) is 13.7. The fourth-order valence-corrected chi connectivity index (χ4v) is 2.45. The molecule has 0 radical (unpaired) electrons. The first-order valence-electron chi connectivity index (χ1n) is 7.69. The molecule has 0 saturated heterocycles. The van der Waals surface area contributed by atoms with Gasteiger partial charge in [0, 0.05) is 5.69 Å². The second-order valence-corrected chi connectivity index (χ2v) is 5.49. The maximum absolute atomic E-state index is 12.1. The molecule has 0 spiro atoms. The molecule has 2 aromatic carbocycles. The molecular weight excluding hydrogens is 302 g/mol. The topological polar surface area (TPSA) is 56.1 Å². The highest BCUT2D eigenvalue weighted by molar-refractivity contribution is 5.58. The normalized spacial score (nSPS) is 10.4. The second kappa shape index (κ2) is 7.00. The van der Waals surface area contributed by atoms with Gasteiger partial charge in [-0.05, 0) is 24.1 Å². The summed E-state index contributed by atoms with van der Waals surface area (Å²) in [5, 5.41) is 3.25. The van der Waals surface area contributed by atoms with Crippen LogP contribution in [0.4, 0.5) is 11.6 Å². The lowest BCUT2D eigenvalue weighted by molar-refractivity contribution is 0.402. The predicted molar refractivity (Wildman–Crippen MR) is 95.1 cm³/mol. The van der Waals surface area contributed by atoms with E-state index in [2.05, 4.69) is 10.3 Å². The van der Waals surface area contributed by atoms with Crippen molar-refractivity contribution < 1.29 is 4.74 Å². The minimum Gasteiger partial charge on any atom is -0.490 e. The highest BCUT2D eigenvalue weighted by Crippen LogP contribution is 2.20. The van der Waals surface area contributed by atoms with Crippen LogP contribution in [-0.2, 0) is 6.54 Å². The maximum atomic E-state index is 12.1. The van der Waals surface area contributed by atoms with Crippen molar-refractivity contribution in [2.45, 2.75) is 13.5 Å². The summed E-state index contributed by atoms with van der Waals surface area (Å²) >= 11 is 0. The fraction of sp³-hybridized carbons (Fsp3) is 0.158. The van der Waals surface area contributed by atoms with Crippen LogP contribution in [0, 0.1) is 6.92 Å². The molecule has 0 fully saturated rings. The van der Waals surface area contributed by atoms with Crippen LogP contribution in [0.15, 0.2) is 65.6 Å². The number of hydrogen-bond acceptors (Lipinski definition) is 4. The molecule has 0 aliphatic heterocycles. The lowest BCUT2D eigenvalue weighted by Crippen LogP contribution is -2.18. The van der Waals surface area contributed by atoms with Gasteiger partial charge in [-0.1, -0.05) is 48.5 Å². The number of rotatable bonds is 5. The van der Waals surface area contributed by atoms with Gasteiger partial charge in [0.15, 0.2) is 0 Å². The molecule has 122 valence electrons. The smallest absolute Gasteiger partial charge is 0.316 e. The number of anilines is 2. The Morgan fingerprint density at radius 1 is 1.08 bits per heavy atom. The Morgan fingerprint density at radius 3 is 2.50 bits per heavy atom. The molecule has 0 atom stereocenters.